The summed E-state index contributed by atoms with van der Waals surface area (Å²) in [6.45, 7) is 4.59. The van der Waals surface area contributed by atoms with Crippen molar-refractivity contribution in [3.05, 3.63) is 105 Å². The lowest BCUT2D eigenvalue weighted by molar-refractivity contribution is 0.0954. The third-order valence-corrected chi connectivity index (χ3v) is 6.09. The Hall–Kier alpha value is -3.08. The number of hydrogen-bond acceptors (Lipinski definition) is 2. The number of hydrazone groups is 1. The number of aryl methyl sites for hydroxylation is 1. The van der Waals surface area contributed by atoms with Gasteiger partial charge < -0.3 is 4.57 Å². The maximum atomic E-state index is 12.5. The summed E-state index contributed by atoms with van der Waals surface area (Å²) >= 11 is 12.3. The molecule has 0 aliphatic carbocycles. The maximum Gasteiger partial charge on any atom is 0.271 e. The molecule has 6 heteroatoms. The monoisotopic (exact) mass is 449 g/mol. The van der Waals surface area contributed by atoms with E-state index in [2.05, 4.69) is 27.2 Å². The van der Waals surface area contributed by atoms with E-state index in [1.807, 2.05) is 62.4 Å². The molecule has 1 amide bonds. The number of nitrogens with zero attached hydrogens (tertiary/aromatic N) is 2. The minimum atomic E-state index is -0.230. The van der Waals surface area contributed by atoms with Crippen LogP contribution in [0.3, 0.4) is 0 Å². The molecule has 156 valence electrons. The van der Waals surface area contributed by atoms with Crippen molar-refractivity contribution in [1.29, 1.82) is 0 Å². The minimum Gasteiger partial charge on any atom is -0.340 e. The zero-order chi connectivity index (χ0) is 22.0. The summed E-state index contributed by atoms with van der Waals surface area (Å²) in [6, 6.07) is 21.2. The molecule has 0 radical (unpaired) electrons. The second-order valence-corrected chi connectivity index (χ2v) is 8.18. The number of aromatic nitrogens is 1. The van der Waals surface area contributed by atoms with E-state index >= 15 is 0 Å². The van der Waals surface area contributed by atoms with Crippen LogP contribution in [-0.2, 0) is 6.54 Å². The lowest BCUT2D eigenvalue weighted by atomic mass is 10.1. The van der Waals surface area contributed by atoms with Crippen LogP contribution in [0.2, 0.25) is 10.0 Å². The quantitative estimate of drug-likeness (QED) is 0.279. The highest BCUT2D eigenvalue weighted by molar-refractivity contribution is 6.42. The molecular weight excluding hydrogens is 429 g/mol. The van der Waals surface area contributed by atoms with Crippen molar-refractivity contribution in [3.8, 4) is 0 Å². The molecule has 0 atom stereocenters. The van der Waals surface area contributed by atoms with Crippen LogP contribution in [0.15, 0.2) is 71.8 Å². The largest absolute Gasteiger partial charge is 0.340 e. The van der Waals surface area contributed by atoms with Crippen molar-refractivity contribution in [1.82, 2.24) is 9.99 Å². The maximum absolute atomic E-state index is 12.5. The Morgan fingerprint density at radius 2 is 1.74 bits per heavy atom. The fraction of sp³-hybridized carbons (Fsp3) is 0.120. The highest BCUT2D eigenvalue weighted by Gasteiger charge is 2.14. The number of carbonyl (C=O) groups is 1. The lowest BCUT2D eigenvalue weighted by Gasteiger charge is -2.09. The number of rotatable bonds is 5. The van der Waals surface area contributed by atoms with Gasteiger partial charge in [-0.2, -0.15) is 5.10 Å². The zero-order valence-corrected chi connectivity index (χ0v) is 18.7. The van der Waals surface area contributed by atoms with E-state index in [-0.39, 0.29) is 5.91 Å². The van der Waals surface area contributed by atoms with Gasteiger partial charge in [-0.15, -0.1) is 0 Å². The predicted molar refractivity (Wildman–Crippen MR) is 128 cm³/mol. The van der Waals surface area contributed by atoms with Crippen molar-refractivity contribution in [3.63, 3.8) is 0 Å². The van der Waals surface area contributed by atoms with Crippen molar-refractivity contribution in [2.75, 3.05) is 0 Å². The number of fused-ring (bicyclic) bond motifs is 1. The molecule has 4 rings (SSSR count). The van der Waals surface area contributed by atoms with E-state index in [1.165, 1.54) is 0 Å². The molecule has 31 heavy (non-hydrogen) atoms. The molecule has 4 aromatic rings. The van der Waals surface area contributed by atoms with Crippen LogP contribution in [0.1, 0.15) is 32.7 Å². The normalized spacial score (nSPS) is 11.4. The summed E-state index contributed by atoms with van der Waals surface area (Å²) in [5.74, 6) is -0.230. The van der Waals surface area contributed by atoms with Crippen molar-refractivity contribution >= 4 is 46.2 Å². The van der Waals surface area contributed by atoms with Crippen molar-refractivity contribution < 1.29 is 4.79 Å². The van der Waals surface area contributed by atoms with Gasteiger partial charge in [0.15, 0.2) is 0 Å². The Kier molecular flexibility index (Phi) is 6.12. The Balaban J connectivity index is 1.65. The molecule has 1 N–H and O–H groups in total. The smallest absolute Gasteiger partial charge is 0.271 e. The summed E-state index contributed by atoms with van der Waals surface area (Å²) in [4.78, 5) is 12.5. The van der Waals surface area contributed by atoms with Crippen molar-refractivity contribution in [2.24, 2.45) is 5.10 Å². The first-order chi connectivity index (χ1) is 15.0. The summed E-state index contributed by atoms with van der Waals surface area (Å²) in [6.07, 6.45) is 1.71. The number of hydrogen-bond donors (Lipinski definition) is 1. The summed E-state index contributed by atoms with van der Waals surface area (Å²) < 4.78 is 2.21. The molecule has 0 fully saturated rings. The Morgan fingerprint density at radius 1 is 1.00 bits per heavy atom. The van der Waals surface area contributed by atoms with E-state index in [4.69, 9.17) is 23.2 Å². The Labute approximate surface area is 191 Å². The van der Waals surface area contributed by atoms with Crippen LogP contribution in [0.25, 0.3) is 10.9 Å². The third kappa shape index (κ3) is 4.36. The number of carbonyl (C=O) groups excluding carboxylic acids is 1. The Morgan fingerprint density at radius 3 is 2.52 bits per heavy atom. The molecule has 0 unspecified atom stereocenters. The first kappa shape index (κ1) is 21.2. The van der Waals surface area contributed by atoms with E-state index in [1.54, 1.807) is 12.3 Å². The van der Waals surface area contributed by atoms with E-state index in [0.29, 0.717) is 22.2 Å². The number of amides is 1. The molecular formula is C25H21Cl2N3O. The number of benzene rings is 3. The molecule has 4 nitrogen and oxygen atoms in total. The molecule has 0 bridgehead atoms. The summed E-state index contributed by atoms with van der Waals surface area (Å²) in [5, 5.41) is 6.38. The lowest BCUT2D eigenvalue weighted by Crippen LogP contribution is -2.18. The topological polar surface area (TPSA) is 46.4 Å². The SMILES string of the molecule is Cc1ccccc1C(=O)N/N=C\c1c(C)n(Cc2ccc(Cl)c(Cl)c2)c2ccccc12. The minimum absolute atomic E-state index is 0.230. The number of para-hydroxylation sites is 1. The molecule has 0 aliphatic rings. The fourth-order valence-electron chi connectivity index (χ4n) is 3.69. The van der Waals surface area contributed by atoms with Gasteiger partial charge in [-0.05, 0) is 49.2 Å². The molecule has 1 heterocycles. The first-order valence-electron chi connectivity index (χ1n) is 9.86. The highest BCUT2D eigenvalue weighted by Crippen LogP contribution is 2.28. The standard InChI is InChI=1S/C25H21Cl2N3O/c1-16-7-3-4-8-19(16)25(31)29-28-14-21-17(2)30(24-10-6-5-9-20(21)24)15-18-11-12-22(26)23(27)13-18/h3-14H,15H2,1-2H3,(H,29,31)/b28-14-. The van der Waals surface area contributed by atoms with Crippen LogP contribution < -0.4 is 5.43 Å². The number of halogens is 2. The van der Waals surface area contributed by atoms with E-state index in [0.717, 1.165) is 33.3 Å². The van der Waals surface area contributed by atoms with Gasteiger partial charge >= 0.3 is 0 Å². The average Bonchev–Trinajstić information content (AvgIpc) is 3.02. The van der Waals surface area contributed by atoms with Crippen molar-refractivity contribution in [2.45, 2.75) is 20.4 Å². The zero-order valence-electron chi connectivity index (χ0n) is 17.2. The van der Waals surface area contributed by atoms with E-state index < -0.39 is 0 Å². The average molecular weight is 450 g/mol. The second kappa shape index (κ2) is 8.96. The van der Waals surface area contributed by atoms with E-state index in [9.17, 15) is 4.79 Å². The van der Waals surface area contributed by atoms with Gasteiger partial charge in [0.05, 0.1) is 16.3 Å². The molecule has 0 aliphatic heterocycles. The van der Waals surface area contributed by atoms with Crippen LogP contribution in [-0.4, -0.2) is 16.7 Å². The number of nitrogens with one attached hydrogen (secondary N) is 1. The molecule has 0 saturated carbocycles. The second-order valence-electron chi connectivity index (χ2n) is 7.36. The van der Waals surface area contributed by atoms with Gasteiger partial charge in [0.2, 0.25) is 0 Å². The van der Waals surface area contributed by atoms with Gasteiger partial charge in [-0.3, -0.25) is 4.79 Å². The van der Waals surface area contributed by atoms with Crippen LogP contribution in [0.4, 0.5) is 0 Å². The fourth-order valence-corrected chi connectivity index (χ4v) is 4.01. The highest BCUT2D eigenvalue weighted by atomic mass is 35.5. The molecule has 0 saturated heterocycles. The Bertz CT molecular complexity index is 1310. The van der Waals surface area contributed by atoms with Crippen LogP contribution >= 0.6 is 23.2 Å². The third-order valence-electron chi connectivity index (χ3n) is 5.35. The molecule has 0 spiro atoms. The summed E-state index contributed by atoms with van der Waals surface area (Å²) in [7, 11) is 0. The van der Waals surface area contributed by atoms with Gasteiger partial charge in [0, 0.05) is 34.3 Å². The predicted octanol–water partition coefficient (Wildman–Crippen LogP) is 6.38. The van der Waals surface area contributed by atoms with Gasteiger partial charge in [0.1, 0.15) is 0 Å². The first-order valence-corrected chi connectivity index (χ1v) is 10.6. The van der Waals surface area contributed by atoms with Gasteiger partial charge in [0.25, 0.3) is 5.91 Å². The van der Waals surface area contributed by atoms with Crippen LogP contribution in [0, 0.1) is 13.8 Å². The van der Waals surface area contributed by atoms with Crippen LogP contribution in [0.5, 0.6) is 0 Å². The summed E-state index contributed by atoms with van der Waals surface area (Å²) in [5.41, 5.74) is 8.29. The molecule has 3 aromatic carbocycles. The van der Waals surface area contributed by atoms with Gasteiger partial charge in [-0.25, -0.2) is 5.43 Å². The van der Waals surface area contributed by atoms with Gasteiger partial charge in [-0.1, -0.05) is 65.7 Å². The molecule has 1 aromatic heterocycles.